The van der Waals surface area contributed by atoms with E-state index in [2.05, 4.69) is 18.6 Å². The second kappa shape index (κ2) is 6.45. The summed E-state index contributed by atoms with van der Waals surface area (Å²) in [5.74, 6) is 0. The fourth-order valence-electron chi connectivity index (χ4n) is 1.11. The molecule has 7 heteroatoms. The molecule has 0 aromatic carbocycles. The van der Waals surface area contributed by atoms with Crippen molar-refractivity contribution >= 4 is 35.6 Å². The summed E-state index contributed by atoms with van der Waals surface area (Å²) in [7, 11) is -3.28. The molecule has 0 bridgehead atoms. The lowest BCUT2D eigenvalue weighted by atomic mass is 10.4. The van der Waals surface area contributed by atoms with Gasteiger partial charge in [0.2, 0.25) is 0 Å². The Balaban J connectivity index is 2.75. The van der Waals surface area contributed by atoms with Crippen molar-refractivity contribution in [2.75, 3.05) is 13.2 Å². The summed E-state index contributed by atoms with van der Waals surface area (Å²) in [5, 5.41) is 0.973. The zero-order chi connectivity index (χ0) is 12.2. The first kappa shape index (κ1) is 14.6. The molecule has 0 amide bonds. The molecule has 0 aromatic rings. The molecule has 16 heavy (non-hydrogen) atoms. The van der Waals surface area contributed by atoms with Crippen LogP contribution in [0.1, 0.15) is 27.7 Å². The lowest BCUT2D eigenvalue weighted by molar-refractivity contribution is 0.221. The van der Waals surface area contributed by atoms with Crippen LogP contribution >= 0.6 is 31.3 Å². The van der Waals surface area contributed by atoms with Gasteiger partial charge in [0.25, 0.3) is 0 Å². The van der Waals surface area contributed by atoms with E-state index in [0.717, 1.165) is 4.38 Å². The molecule has 0 radical (unpaired) electrons. The second-order valence-electron chi connectivity index (χ2n) is 3.32. The van der Waals surface area contributed by atoms with Gasteiger partial charge < -0.3 is 0 Å². The zero-order valence-electron chi connectivity index (χ0n) is 10.0. The first-order valence-corrected chi connectivity index (χ1v) is 8.59. The molecule has 1 heterocycles. The second-order valence-corrected chi connectivity index (χ2v) is 7.96. The van der Waals surface area contributed by atoms with Crippen molar-refractivity contribution in [3.8, 4) is 0 Å². The third-order valence-corrected chi connectivity index (χ3v) is 6.80. The van der Waals surface area contributed by atoms with Crippen molar-refractivity contribution in [1.82, 2.24) is 0 Å². The van der Waals surface area contributed by atoms with E-state index in [1.165, 1.54) is 0 Å². The first-order chi connectivity index (χ1) is 7.50. The van der Waals surface area contributed by atoms with Crippen molar-refractivity contribution in [3.63, 3.8) is 0 Å². The quantitative estimate of drug-likeness (QED) is 0.719. The molecule has 2 unspecified atom stereocenters. The molecule has 1 saturated heterocycles. The van der Waals surface area contributed by atoms with Crippen LogP contribution in [0.25, 0.3) is 0 Å². The number of nitrogens with zero attached hydrogens (tertiary/aromatic N) is 1. The molecule has 0 N–H and O–H groups in total. The minimum absolute atomic E-state index is 0.342. The highest BCUT2D eigenvalue weighted by atomic mass is 32.2. The van der Waals surface area contributed by atoms with Gasteiger partial charge in [-0.1, -0.05) is 37.4 Å². The largest absolute Gasteiger partial charge is 0.455 e. The van der Waals surface area contributed by atoms with Gasteiger partial charge in [-0.2, -0.15) is 4.76 Å². The average molecular weight is 283 g/mol. The molecule has 0 saturated carbocycles. The maximum Gasteiger partial charge on any atom is 0.455 e. The van der Waals surface area contributed by atoms with Gasteiger partial charge in [0.15, 0.2) is 0 Å². The van der Waals surface area contributed by atoms with Gasteiger partial charge in [0.1, 0.15) is 4.38 Å². The molecule has 1 fully saturated rings. The summed E-state index contributed by atoms with van der Waals surface area (Å²) >= 11 is 3.27. The minimum Gasteiger partial charge on any atom is -0.291 e. The van der Waals surface area contributed by atoms with E-state index >= 15 is 0 Å². The predicted octanol–water partition coefficient (Wildman–Crippen LogP) is 3.78. The van der Waals surface area contributed by atoms with E-state index < -0.39 is 7.75 Å². The zero-order valence-corrected chi connectivity index (χ0v) is 12.5. The highest BCUT2D eigenvalue weighted by Gasteiger charge is 2.31. The first-order valence-electron chi connectivity index (χ1n) is 5.33. The molecule has 94 valence electrons. The van der Waals surface area contributed by atoms with Crippen LogP contribution in [0.5, 0.6) is 0 Å². The molecule has 4 nitrogen and oxygen atoms in total. The molecule has 0 spiro atoms. The lowest BCUT2D eigenvalue weighted by Gasteiger charge is -2.11. The Hall–Kier alpha value is 0.520. The summed E-state index contributed by atoms with van der Waals surface area (Å²) in [6, 6.07) is 0. The molecule has 0 aliphatic carbocycles. The molecule has 0 aromatic heterocycles. The van der Waals surface area contributed by atoms with Gasteiger partial charge in [-0.05, 0) is 13.8 Å². The van der Waals surface area contributed by atoms with Crippen LogP contribution < -0.4 is 0 Å². The van der Waals surface area contributed by atoms with E-state index in [4.69, 9.17) is 9.05 Å². The number of hydrogen-bond donors (Lipinski definition) is 0. The molecule has 2 atom stereocenters. The lowest BCUT2D eigenvalue weighted by Crippen LogP contribution is -2.04. The Morgan fingerprint density at radius 2 is 1.62 bits per heavy atom. The average Bonchev–Trinajstić information content (AvgIpc) is 2.45. The Kier molecular flexibility index (Phi) is 5.88. The Bertz CT molecular complexity index is 289. The maximum atomic E-state index is 12.1. The Morgan fingerprint density at radius 1 is 1.19 bits per heavy atom. The van der Waals surface area contributed by atoms with Gasteiger partial charge in [0.05, 0.1) is 13.2 Å². The van der Waals surface area contributed by atoms with Crippen LogP contribution in [0, 0.1) is 0 Å². The van der Waals surface area contributed by atoms with E-state index in [-0.39, 0.29) is 0 Å². The third-order valence-electron chi connectivity index (χ3n) is 2.02. The highest BCUT2D eigenvalue weighted by molar-refractivity contribution is 8.42. The molecular formula is C9H18NO3PS2. The summed E-state index contributed by atoms with van der Waals surface area (Å²) in [4.78, 5) is 0. The van der Waals surface area contributed by atoms with E-state index in [9.17, 15) is 4.57 Å². The van der Waals surface area contributed by atoms with Crippen molar-refractivity contribution < 1.29 is 13.6 Å². The van der Waals surface area contributed by atoms with Crippen molar-refractivity contribution in [2.24, 2.45) is 4.76 Å². The van der Waals surface area contributed by atoms with Crippen LogP contribution in [-0.2, 0) is 13.6 Å². The van der Waals surface area contributed by atoms with Crippen molar-refractivity contribution in [1.29, 1.82) is 0 Å². The van der Waals surface area contributed by atoms with Gasteiger partial charge in [0, 0.05) is 10.5 Å². The van der Waals surface area contributed by atoms with Crippen molar-refractivity contribution in [3.05, 3.63) is 0 Å². The highest BCUT2D eigenvalue weighted by Crippen LogP contribution is 2.53. The van der Waals surface area contributed by atoms with E-state index in [1.54, 1.807) is 37.4 Å². The number of thioether (sulfide) groups is 2. The molecule has 1 rings (SSSR count). The van der Waals surface area contributed by atoms with Crippen molar-refractivity contribution in [2.45, 2.75) is 38.2 Å². The number of hydrogen-bond acceptors (Lipinski definition) is 5. The molecule has 1 aliphatic rings. The van der Waals surface area contributed by atoms with Crippen LogP contribution in [0.3, 0.4) is 0 Å². The fraction of sp³-hybridized carbons (Fsp3) is 0.889. The standard InChI is InChI=1S/C9H18NO3PS2/c1-5-12-14(11,13-6-2)10-9-15-7(3)8(4)16-9/h7-8H,5-6H2,1-4H3. The maximum absolute atomic E-state index is 12.1. The van der Waals surface area contributed by atoms with Crippen LogP contribution in [-0.4, -0.2) is 28.1 Å². The number of rotatable bonds is 5. The van der Waals surface area contributed by atoms with Gasteiger partial charge >= 0.3 is 7.75 Å². The SMILES string of the molecule is CCOP(=O)(N=C1SC(C)C(C)S1)OCC. The van der Waals surface area contributed by atoms with Gasteiger partial charge in [-0.15, -0.1) is 0 Å². The molecular weight excluding hydrogens is 265 g/mol. The summed E-state index contributed by atoms with van der Waals surface area (Å²) in [6.07, 6.45) is 0. The van der Waals surface area contributed by atoms with Crippen LogP contribution in [0.15, 0.2) is 4.76 Å². The summed E-state index contributed by atoms with van der Waals surface area (Å²) < 4.78 is 27.3. The third kappa shape index (κ3) is 4.08. The smallest absolute Gasteiger partial charge is 0.291 e. The minimum atomic E-state index is -3.28. The van der Waals surface area contributed by atoms with E-state index in [0.29, 0.717) is 23.7 Å². The van der Waals surface area contributed by atoms with E-state index in [1.807, 2.05) is 0 Å². The normalized spacial score (nSPS) is 26.1. The fourth-order valence-corrected chi connectivity index (χ4v) is 5.61. The Labute approximate surface area is 106 Å². The topological polar surface area (TPSA) is 47.9 Å². The van der Waals surface area contributed by atoms with Gasteiger partial charge in [-0.25, -0.2) is 4.57 Å². The van der Waals surface area contributed by atoms with Gasteiger partial charge in [-0.3, -0.25) is 9.05 Å². The summed E-state index contributed by atoms with van der Waals surface area (Å²) in [6.45, 7) is 8.52. The Morgan fingerprint density at radius 3 is 2.00 bits per heavy atom. The monoisotopic (exact) mass is 283 g/mol. The van der Waals surface area contributed by atoms with Crippen LogP contribution in [0.2, 0.25) is 0 Å². The molecule has 1 aliphatic heterocycles. The van der Waals surface area contributed by atoms with Crippen LogP contribution in [0.4, 0.5) is 0 Å². The summed E-state index contributed by atoms with van der Waals surface area (Å²) in [5.41, 5.74) is 0. The predicted molar refractivity (Wildman–Crippen MR) is 72.4 cm³/mol.